The molecule has 6 heteroatoms. The molecule has 0 saturated carbocycles. The van der Waals surface area contributed by atoms with Gasteiger partial charge < -0.3 is 25.7 Å². The molecule has 0 aliphatic rings. The molecule has 1 atom stereocenters. The van der Waals surface area contributed by atoms with Gasteiger partial charge in [-0.15, -0.1) is 0 Å². The number of hydrogen-bond acceptors (Lipinski definition) is 5. The van der Waals surface area contributed by atoms with E-state index in [2.05, 4.69) is 5.32 Å². The van der Waals surface area contributed by atoms with Crippen molar-refractivity contribution in [3.05, 3.63) is 35.9 Å². The number of carbonyl (C=O) groups is 2. The number of ether oxygens (including phenoxy) is 1. The summed E-state index contributed by atoms with van der Waals surface area (Å²) in [7, 11) is 0. The van der Waals surface area contributed by atoms with Crippen LogP contribution in [0.3, 0.4) is 0 Å². The van der Waals surface area contributed by atoms with Crippen LogP contribution in [0.25, 0.3) is 0 Å². The van der Waals surface area contributed by atoms with Gasteiger partial charge in [0.05, 0.1) is 12.0 Å². The maximum atomic E-state index is 11.2. The Morgan fingerprint density at radius 1 is 1.35 bits per heavy atom. The highest BCUT2D eigenvalue weighted by Gasteiger charge is 2.12. The number of aliphatic carboxylic acids is 1. The molecule has 0 fully saturated rings. The van der Waals surface area contributed by atoms with Crippen LogP contribution in [0, 0.1) is 0 Å². The molecule has 0 aliphatic heterocycles. The second-order valence-corrected chi connectivity index (χ2v) is 3.31. The van der Waals surface area contributed by atoms with Gasteiger partial charge in [-0.3, -0.25) is 0 Å². The topological polar surface area (TPSA) is 104 Å². The third-order valence-corrected chi connectivity index (χ3v) is 2.03. The molecule has 0 bridgehead atoms. The standard InChI is InChI=1S/C11H14N2O4/c12-6-9(10(14)15)13-11(16)17-7-8-4-2-1-3-5-8/h1-5,9H,6-7,12H2,(H,13,16)(H,14,15)/p-1. The van der Waals surface area contributed by atoms with Gasteiger partial charge in [-0.05, 0) is 5.56 Å². The van der Waals surface area contributed by atoms with E-state index in [1.165, 1.54) is 0 Å². The molecule has 92 valence electrons. The zero-order valence-electron chi connectivity index (χ0n) is 9.09. The van der Waals surface area contributed by atoms with Gasteiger partial charge in [-0.25, -0.2) is 4.79 Å². The van der Waals surface area contributed by atoms with Crippen molar-refractivity contribution in [2.45, 2.75) is 12.6 Å². The smallest absolute Gasteiger partial charge is 0.408 e. The Labute approximate surface area is 98.4 Å². The van der Waals surface area contributed by atoms with Crippen LogP contribution in [0.5, 0.6) is 0 Å². The summed E-state index contributed by atoms with van der Waals surface area (Å²) in [5.74, 6) is -1.44. The van der Waals surface area contributed by atoms with E-state index in [0.717, 1.165) is 5.56 Å². The molecule has 1 rings (SSSR count). The SMILES string of the molecule is NCC(NC(=O)OCc1ccccc1)C(=O)[O-]. The van der Waals surface area contributed by atoms with Gasteiger partial charge in [0.15, 0.2) is 0 Å². The minimum Gasteiger partial charge on any atom is -0.548 e. The van der Waals surface area contributed by atoms with Crippen LogP contribution >= 0.6 is 0 Å². The summed E-state index contributed by atoms with van der Waals surface area (Å²) in [6.45, 7) is -0.181. The fourth-order valence-corrected chi connectivity index (χ4v) is 1.12. The Balaban J connectivity index is 2.37. The monoisotopic (exact) mass is 237 g/mol. The molecule has 6 nitrogen and oxygen atoms in total. The Hall–Kier alpha value is -2.08. The summed E-state index contributed by atoms with van der Waals surface area (Å²) < 4.78 is 4.81. The minimum atomic E-state index is -1.44. The fraction of sp³-hybridized carbons (Fsp3) is 0.273. The van der Waals surface area contributed by atoms with Crippen LogP contribution in [0.1, 0.15) is 5.56 Å². The van der Waals surface area contributed by atoms with Gasteiger partial charge in [0.2, 0.25) is 0 Å². The van der Waals surface area contributed by atoms with Gasteiger partial charge >= 0.3 is 6.09 Å². The highest BCUT2D eigenvalue weighted by atomic mass is 16.5. The van der Waals surface area contributed by atoms with Crippen molar-refractivity contribution in [1.29, 1.82) is 0 Å². The van der Waals surface area contributed by atoms with Crippen molar-refractivity contribution in [2.24, 2.45) is 5.73 Å². The summed E-state index contributed by atoms with van der Waals surface area (Å²) >= 11 is 0. The first kappa shape index (κ1) is 13.0. The summed E-state index contributed by atoms with van der Waals surface area (Å²) in [5, 5.41) is 12.6. The van der Waals surface area contributed by atoms with Crippen LogP contribution in [0.4, 0.5) is 4.79 Å². The first-order valence-corrected chi connectivity index (χ1v) is 5.01. The molecular formula is C11H13N2O4-. The van der Waals surface area contributed by atoms with Gasteiger partial charge in [-0.1, -0.05) is 30.3 Å². The summed E-state index contributed by atoms with van der Waals surface area (Å²) in [6, 6.07) is 7.78. The van der Waals surface area contributed by atoms with E-state index in [1.807, 2.05) is 6.07 Å². The maximum Gasteiger partial charge on any atom is 0.408 e. The van der Waals surface area contributed by atoms with Crippen LogP contribution in [-0.2, 0) is 16.1 Å². The lowest BCUT2D eigenvalue weighted by atomic mass is 10.2. The summed E-state index contributed by atoms with van der Waals surface area (Å²) in [4.78, 5) is 21.7. The number of alkyl carbamates (subject to hydrolysis) is 1. The van der Waals surface area contributed by atoms with E-state index in [1.54, 1.807) is 24.3 Å². The van der Waals surface area contributed by atoms with E-state index in [4.69, 9.17) is 10.5 Å². The summed E-state index contributed by atoms with van der Waals surface area (Å²) in [6.07, 6.45) is -0.839. The van der Waals surface area contributed by atoms with Crippen LogP contribution in [-0.4, -0.2) is 24.6 Å². The number of benzene rings is 1. The van der Waals surface area contributed by atoms with Crippen LogP contribution < -0.4 is 16.2 Å². The number of hydrogen-bond donors (Lipinski definition) is 2. The molecule has 0 saturated heterocycles. The number of nitrogens with two attached hydrogens (primary N) is 1. The maximum absolute atomic E-state index is 11.2. The average Bonchev–Trinajstić information content (AvgIpc) is 2.34. The van der Waals surface area contributed by atoms with E-state index < -0.39 is 18.1 Å². The first-order chi connectivity index (χ1) is 8.13. The lowest BCUT2D eigenvalue weighted by Gasteiger charge is -2.17. The van der Waals surface area contributed by atoms with Crippen molar-refractivity contribution < 1.29 is 19.4 Å². The molecule has 0 aromatic heterocycles. The van der Waals surface area contributed by atoms with Gasteiger partial charge in [0.25, 0.3) is 0 Å². The van der Waals surface area contributed by atoms with E-state index >= 15 is 0 Å². The van der Waals surface area contributed by atoms with Gasteiger partial charge in [0.1, 0.15) is 6.61 Å². The molecule has 1 unspecified atom stereocenters. The number of amides is 1. The number of rotatable bonds is 5. The normalized spacial score (nSPS) is 11.6. The Kier molecular flexibility index (Phi) is 4.96. The lowest BCUT2D eigenvalue weighted by Crippen LogP contribution is -2.51. The molecule has 17 heavy (non-hydrogen) atoms. The second kappa shape index (κ2) is 6.49. The zero-order valence-corrected chi connectivity index (χ0v) is 9.09. The quantitative estimate of drug-likeness (QED) is 0.682. The third-order valence-electron chi connectivity index (χ3n) is 2.03. The molecular weight excluding hydrogens is 224 g/mol. The van der Waals surface area contributed by atoms with Crippen LogP contribution in [0.2, 0.25) is 0 Å². The van der Waals surface area contributed by atoms with Gasteiger partial charge in [0, 0.05) is 6.54 Å². The van der Waals surface area contributed by atoms with Crippen molar-refractivity contribution in [3.8, 4) is 0 Å². The van der Waals surface area contributed by atoms with Crippen molar-refractivity contribution >= 4 is 12.1 Å². The fourth-order valence-electron chi connectivity index (χ4n) is 1.12. The predicted molar refractivity (Wildman–Crippen MR) is 57.6 cm³/mol. The Bertz CT molecular complexity index is 380. The van der Waals surface area contributed by atoms with Crippen molar-refractivity contribution in [1.82, 2.24) is 5.32 Å². The minimum absolute atomic E-state index is 0.0665. The lowest BCUT2D eigenvalue weighted by molar-refractivity contribution is -0.307. The highest BCUT2D eigenvalue weighted by molar-refractivity contribution is 5.78. The molecule has 0 spiro atoms. The third kappa shape index (κ3) is 4.52. The number of nitrogens with one attached hydrogen (secondary N) is 1. The largest absolute Gasteiger partial charge is 0.548 e. The highest BCUT2D eigenvalue weighted by Crippen LogP contribution is 2.00. The molecule has 3 N–H and O–H groups in total. The molecule has 1 amide bonds. The Morgan fingerprint density at radius 2 is 2.00 bits per heavy atom. The predicted octanol–water partition coefficient (Wildman–Crippen LogP) is -1.01. The molecule has 0 heterocycles. The Morgan fingerprint density at radius 3 is 2.53 bits per heavy atom. The van der Waals surface area contributed by atoms with Crippen molar-refractivity contribution in [3.63, 3.8) is 0 Å². The number of carboxylic acid groups (broad SMARTS) is 1. The van der Waals surface area contributed by atoms with E-state index in [0.29, 0.717) is 0 Å². The van der Waals surface area contributed by atoms with E-state index in [-0.39, 0.29) is 13.2 Å². The second-order valence-electron chi connectivity index (χ2n) is 3.31. The molecule has 1 aromatic rings. The average molecular weight is 237 g/mol. The number of carboxylic acids is 1. The van der Waals surface area contributed by atoms with Crippen LogP contribution in [0.15, 0.2) is 30.3 Å². The summed E-state index contributed by atoms with van der Waals surface area (Å²) in [5.41, 5.74) is 5.94. The number of carbonyl (C=O) groups excluding carboxylic acids is 2. The molecule has 0 aliphatic carbocycles. The van der Waals surface area contributed by atoms with Gasteiger partial charge in [-0.2, -0.15) is 0 Å². The molecule has 1 aromatic carbocycles. The van der Waals surface area contributed by atoms with E-state index in [9.17, 15) is 14.7 Å². The molecule has 0 radical (unpaired) electrons. The van der Waals surface area contributed by atoms with Crippen molar-refractivity contribution in [2.75, 3.05) is 6.54 Å². The zero-order chi connectivity index (χ0) is 12.7. The first-order valence-electron chi connectivity index (χ1n) is 5.01.